The molecular formula is C10H16Cl2N2. The van der Waals surface area contributed by atoms with Gasteiger partial charge in [0.2, 0.25) is 0 Å². The topological polar surface area (TPSA) is 29.3 Å². The first-order valence-electron chi connectivity index (χ1n) is 4.44. The van der Waals surface area contributed by atoms with Crippen LogP contribution in [0.2, 0.25) is 0 Å². The van der Waals surface area contributed by atoms with Gasteiger partial charge in [0.1, 0.15) is 0 Å². The molecule has 0 aliphatic heterocycles. The van der Waals surface area contributed by atoms with E-state index in [4.69, 9.17) is 17.3 Å². The van der Waals surface area contributed by atoms with Crippen molar-refractivity contribution in [3.05, 3.63) is 24.3 Å². The third-order valence-corrected chi connectivity index (χ3v) is 2.16. The molecule has 1 aromatic carbocycles. The van der Waals surface area contributed by atoms with Crippen LogP contribution >= 0.6 is 24.0 Å². The molecule has 0 heterocycles. The first kappa shape index (κ1) is 13.4. The summed E-state index contributed by atoms with van der Waals surface area (Å²) < 4.78 is 0. The molecule has 0 aliphatic rings. The highest BCUT2D eigenvalue weighted by molar-refractivity contribution is 6.18. The van der Waals surface area contributed by atoms with E-state index in [1.54, 1.807) is 0 Å². The Hall–Kier alpha value is -0.600. The van der Waals surface area contributed by atoms with Crippen LogP contribution in [-0.4, -0.2) is 19.0 Å². The average Bonchev–Trinajstić information content (AvgIpc) is 2.16. The van der Waals surface area contributed by atoms with Crippen molar-refractivity contribution in [2.24, 2.45) is 0 Å². The fraction of sp³-hybridized carbons (Fsp3) is 0.400. The molecule has 4 heteroatoms. The number of anilines is 2. The summed E-state index contributed by atoms with van der Waals surface area (Å²) in [6.45, 7) is 3.96. The second-order valence-electron chi connectivity index (χ2n) is 2.86. The summed E-state index contributed by atoms with van der Waals surface area (Å²) in [5.41, 5.74) is 7.57. The molecule has 0 aliphatic carbocycles. The number of nitrogens with two attached hydrogens (primary N) is 1. The Morgan fingerprint density at radius 1 is 1.29 bits per heavy atom. The van der Waals surface area contributed by atoms with Crippen molar-refractivity contribution in [3.8, 4) is 0 Å². The lowest BCUT2D eigenvalue weighted by molar-refractivity contribution is 0.870. The molecule has 1 aromatic rings. The smallest absolute Gasteiger partial charge is 0.0399 e. The Kier molecular flexibility index (Phi) is 6.50. The summed E-state index contributed by atoms with van der Waals surface area (Å²) in [7, 11) is 0. The number of hydrogen-bond acceptors (Lipinski definition) is 2. The third-order valence-electron chi connectivity index (χ3n) is 1.99. The molecule has 0 bridgehead atoms. The van der Waals surface area contributed by atoms with Crippen LogP contribution in [0.4, 0.5) is 11.4 Å². The van der Waals surface area contributed by atoms with Gasteiger partial charge in [0.05, 0.1) is 0 Å². The van der Waals surface area contributed by atoms with Crippen molar-refractivity contribution in [2.75, 3.05) is 29.6 Å². The van der Waals surface area contributed by atoms with E-state index in [0.717, 1.165) is 18.8 Å². The summed E-state index contributed by atoms with van der Waals surface area (Å²) in [4.78, 5) is 2.21. The van der Waals surface area contributed by atoms with Gasteiger partial charge in [-0.1, -0.05) is 0 Å². The molecule has 0 saturated heterocycles. The summed E-state index contributed by atoms with van der Waals surface area (Å²) in [5.74, 6) is 0.651. The lowest BCUT2D eigenvalue weighted by Gasteiger charge is -2.21. The van der Waals surface area contributed by atoms with E-state index in [1.807, 2.05) is 24.3 Å². The van der Waals surface area contributed by atoms with E-state index in [9.17, 15) is 0 Å². The van der Waals surface area contributed by atoms with Crippen molar-refractivity contribution in [2.45, 2.75) is 6.92 Å². The van der Waals surface area contributed by atoms with Crippen LogP contribution in [0.5, 0.6) is 0 Å². The Morgan fingerprint density at radius 2 is 1.86 bits per heavy atom. The summed E-state index contributed by atoms with van der Waals surface area (Å²) in [5, 5.41) is 0. The van der Waals surface area contributed by atoms with E-state index in [1.165, 1.54) is 5.69 Å². The normalized spacial score (nSPS) is 9.29. The molecule has 0 unspecified atom stereocenters. The largest absolute Gasteiger partial charge is 0.399 e. The Balaban J connectivity index is 0.00000169. The minimum atomic E-state index is 0. The molecule has 0 radical (unpaired) electrons. The predicted molar refractivity (Wildman–Crippen MR) is 66.7 cm³/mol. The minimum absolute atomic E-state index is 0. The van der Waals surface area contributed by atoms with Crippen LogP contribution in [0.25, 0.3) is 0 Å². The zero-order chi connectivity index (χ0) is 9.68. The van der Waals surface area contributed by atoms with Gasteiger partial charge in [0.15, 0.2) is 0 Å². The maximum absolute atomic E-state index is 5.69. The number of hydrogen-bond donors (Lipinski definition) is 1. The summed E-state index contributed by atoms with van der Waals surface area (Å²) in [6, 6.07) is 7.86. The van der Waals surface area contributed by atoms with Gasteiger partial charge >= 0.3 is 0 Å². The van der Waals surface area contributed by atoms with Crippen LogP contribution in [-0.2, 0) is 0 Å². The van der Waals surface area contributed by atoms with Crippen LogP contribution in [0.15, 0.2) is 24.3 Å². The highest BCUT2D eigenvalue weighted by atomic mass is 35.5. The lowest BCUT2D eigenvalue weighted by atomic mass is 10.2. The Bertz CT molecular complexity index is 249. The standard InChI is InChI=1S/C10H15ClN2.ClH/c1-2-13(8-7-11)10-5-3-9(12)4-6-10;/h3-6H,2,7-8,12H2,1H3;1H. The molecule has 0 saturated carbocycles. The van der Waals surface area contributed by atoms with Crippen LogP contribution < -0.4 is 10.6 Å². The molecule has 0 spiro atoms. The molecule has 1 rings (SSSR count). The molecule has 14 heavy (non-hydrogen) atoms. The average molecular weight is 235 g/mol. The van der Waals surface area contributed by atoms with Gasteiger partial charge in [-0.15, -0.1) is 24.0 Å². The molecule has 2 nitrogen and oxygen atoms in total. The van der Waals surface area contributed by atoms with Gasteiger partial charge in [-0.2, -0.15) is 0 Å². The van der Waals surface area contributed by atoms with Gasteiger partial charge in [-0.25, -0.2) is 0 Å². The zero-order valence-corrected chi connectivity index (χ0v) is 9.81. The highest BCUT2D eigenvalue weighted by Gasteiger charge is 2.01. The number of nitrogen functional groups attached to an aromatic ring is 1. The lowest BCUT2D eigenvalue weighted by Crippen LogP contribution is -2.24. The zero-order valence-electron chi connectivity index (χ0n) is 8.24. The highest BCUT2D eigenvalue weighted by Crippen LogP contribution is 2.15. The van der Waals surface area contributed by atoms with Gasteiger partial charge in [-0.3, -0.25) is 0 Å². The summed E-state index contributed by atoms with van der Waals surface area (Å²) in [6.07, 6.45) is 0. The molecule has 0 amide bonds. The van der Waals surface area contributed by atoms with Crippen molar-refractivity contribution in [3.63, 3.8) is 0 Å². The first-order chi connectivity index (χ1) is 6.27. The summed E-state index contributed by atoms with van der Waals surface area (Å²) >= 11 is 5.69. The van der Waals surface area contributed by atoms with E-state index in [0.29, 0.717) is 5.88 Å². The van der Waals surface area contributed by atoms with Gasteiger partial charge in [0.25, 0.3) is 0 Å². The maximum Gasteiger partial charge on any atom is 0.0399 e. The van der Waals surface area contributed by atoms with Crippen molar-refractivity contribution in [1.29, 1.82) is 0 Å². The molecule has 0 atom stereocenters. The van der Waals surface area contributed by atoms with Crippen molar-refractivity contribution < 1.29 is 0 Å². The molecule has 0 aromatic heterocycles. The molecular weight excluding hydrogens is 219 g/mol. The van der Waals surface area contributed by atoms with Crippen LogP contribution in [0.1, 0.15) is 6.92 Å². The van der Waals surface area contributed by atoms with Gasteiger partial charge in [-0.05, 0) is 31.2 Å². The van der Waals surface area contributed by atoms with Crippen LogP contribution in [0, 0.1) is 0 Å². The third kappa shape index (κ3) is 3.64. The molecule has 2 N–H and O–H groups in total. The second-order valence-corrected chi connectivity index (χ2v) is 3.24. The number of rotatable bonds is 4. The van der Waals surface area contributed by atoms with E-state index < -0.39 is 0 Å². The fourth-order valence-corrected chi connectivity index (χ4v) is 1.46. The second kappa shape index (κ2) is 6.80. The first-order valence-corrected chi connectivity index (χ1v) is 4.97. The number of benzene rings is 1. The SMILES string of the molecule is CCN(CCCl)c1ccc(N)cc1.Cl. The fourth-order valence-electron chi connectivity index (χ4n) is 1.26. The number of nitrogens with zero attached hydrogens (tertiary/aromatic N) is 1. The van der Waals surface area contributed by atoms with E-state index in [2.05, 4.69) is 11.8 Å². The Labute approximate surface area is 96.4 Å². The molecule has 0 fully saturated rings. The van der Waals surface area contributed by atoms with E-state index in [-0.39, 0.29) is 12.4 Å². The Morgan fingerprint density at radius 3 is 2.29 bits per heavy atom. The van der Waals surface area contributed by atoms with Gasteiger partial charge < -0.3 is 10.6 Å². The minimum Gasteiger partial charge on any atom is -0.399 e. The number of halogens is 2. The number of alkyl halides is 1. The van der Waals surface area contributed by atoms with Crippen molar-refractivity contribution >= 4 is 35.4 Å². The maximum atomic E-state index is 5.69. The molecule has 80 valence electrons. The predicted octanol–water partition coefficient (Wildman–Crippen LogP) is 2.76. The van der Waals surface area contributed by atoms with Crippen molar-refractivity contribution in [1.82, 2.24) is 0 Å². The van der Waals surface area contributed by atoms with Crippen LogP contribution in [0.3, 0.4) is 0 Å². The van der Waals surface area contributed by atoms with E-state index >= 15 is 0 Å². The monoisotopic (exact) mass is 234 g/mol. The van der Waals surface area contributed by atoms with Gasteiger partial charge in [0, 0.05) is 30.3 Å². The quantitative estimate of drug-likeness (QED) is 0.642.